The fourth-order valence-corrected chi connectivity index (χ4v) is 3.09. The van der Waals surface area contributed by atoms with Crippen LogP contribution in [0.15, 0.2) is 29.2 Å². The molecular weight excluding hydrogens is 278 g/mol. The molecule has 0 radical (unpaired) electrons. The highest BCUT2D eigenvalue weighted by atomic mass is 32.2. The molecule has 0 aliphatic rings. The Morgan fingerprint density at radius 1 is 1.25 bits per heavy atom. The second-order valence-electron chi connectivity index (χ2n) is 5.00. The van der Waals surface area contributed by atoms with Crippen LogP contribution in [0, 0.1) is 0 Å². The van der Waals surface area contributed by atoms with Crippen LogP contribution >= 0.6 is 0 Å². The molecular formula is C14H21NO4S. The lowest BCUT2D eigenvalue weighted by molar-refractivity contribution is -0.137. The first-order valence-corrected chi connectivity index (χ1v) is 8.08. The van der Waals surface area contributed by atoms with Gasteiger partial charge < -0.3 is 5.11 Å². The molecule has 1 aromatic rings. The summed E-state index contributed by atoms with van der Waals surface area (Å²) in [6, 6.07) is 6.05. The number of aliphatic carboxylic acids is 1. The standard InChI is InChI=1S/C14H21NO4S/c1-4-10(2)12-5-7-13(8-6-12)20(18,19)15-11(3)9-14(16)17/h5-8,10-11,15H,4,9H2,1-3H3,(H,16,17). The van der Waals surface area contributed by atoms with Crippen LogP contribution in [0.2, 0.25) is 0 Å². The number of benzene rings is 1. The summed E-state index contributed by atoms with van der Waals surface area (Å²) in [5.74, 6) is -0.655. The van der Waals surface area contributed by atoms with Crippen LogP contribution in [-0.4, -0.2) is 25.5 Å². The maximum Gasteiger partial charge on any atom is 0.304 e. The number of rotatable bonds is 7. The summed E-state index contributed by atoms with van der Waals surface area (Å²) in [7, 11) is -3.67. The van der Waals surface area contributed by atoms with Crippen molar-refractivity contribution in [2.45, 2.75) is 50.5 Å². The van der Waals surface area contributed by atoms with E-state index in [0.717, 1.165) is 12.0 Å². The van der Waals surface area contributed by atoms with Crippen molar-refractivity contribution in [2.75, 3.05) is 0 Å². The molecule has 0 saturated carbocycles. The van der Waals surface area contributed by atoms with E-state index in [2.05, 4.69) is 18.6 Å². The second kappa shape index (κ2) is 6.85. The Bertz CT molecular complexity index is 551. The third-order valence-electron chi connectivity index (χ3n) is 3.21. The van der Waals surface area contributed by atoms with Gasteiger partial charge in [-0.15, -0.1) is 0 Å². The fourth-order valence-electron chi connectivity index (χ4n) is 1.85. The number of nitrogens with one attached hydrogen (secondary N) is 1. The van der Waals surface area contributed by atoms with Crippen molar-refractivity contribution in [3.05, 3.63) is 29.8 Å². The average molecular weight is 299 g/mol. The van der Waals surface area contributed by atoms with Gasteiger partial charge >= 0.3 is 5.97 Å². The van der Waals surface area contributed by atoms with Crippen LogP contribution in [0.3, 0.4) is 0 Å². The van der Waals surface area contributed by atoms with E-state index in [-0.39, 0.29) is 11.3 Å². The second-order valence-corrected chi connectivity index (χ2v) is 6.71. The molecule has 0 saturated heterocycles. The molecule has 6 heteroatoms. The number of carboxylic acids is 1. The first-order valence-electron chi connectivity index (χ1n) is 6.60. The summed E-state index contributed by atoms with van der Waals surface area (Å²) in [5.41, 5.74) is 1.09. The highest BCUT2D eigenvalue weighted by Gasteiger charge is 2.19. The van der Waals surface area contributed by atoms with E-state index in [1.807, 2.05) is 0 Å². The van der Waals surface area contributed by atoms with E-state index >= 15 is 0 Å². The Balaban J connectivity index is 2.85. The lowest BCUT2D eigenvalue weighted by atomic mass is 9.99. The van der Waals surface area contributed by atoms with E-state index in [0.29, 0.717) is 5.92 Å². The van der Waals surface area contributed by atoms with Crippen molar-refractivity contribution in [3.63, 3.8) is 0 Å². The molecule has 20 heavy (non-hydrogen) atoms. The molecule has 0 aliphatic carbocycles. The topological polar surface area (TPSA) is 83.5 Å². The summed E-state index contributed by atoms with van der Waals surface area (Å²) in [4.78, 5) is 10.7. The number of carbonyl (C=O) groups is 1. The maximum atomic E-state index is 12.1. The SMILES string of the molecule is CCC(C)c1ccc(S(=O)(=O)NC(C)CC(=O)O)cc1. The van der Waals surface area contributed by atoms with Crippen molar-refractivity contribution in [1.29, 1.82) is 0 Å². The summed E-state index contributed by atoms with van der Waals surface area (Å²) in [5, 5.41) is 8.64. The molecule has 2 N–H and O–H groups in total. The number of hydrogen-bond acceptors (Lipinski definition) is 3. The van der Waals surface area contributed by atoms with Gasteiger partial charge in [-0.25, -0.2) is 13.1 Å². The zero-order valence-electron chi connectivity index (χ0n) is 12.0. The average Bonchev–Trinajstić information content (AvgIpc) is 2.36. The minimum Gasteiger partial charge on any atom is -0.481 e. The zero-order chi connectivity index (χ0) is 15.3. The van der Waals surface area contributed by atoms with Gasteiger partial charge in [-0.1, -0.05) is 26.0 Å². The minimum atomic E-state index is -3.67. The molecule has 1 rings (SSSR count). The monoisotopic (exact) mass is 299 g/mol. The van der Waals surface area contributed by atoms with Gasteiger partial charge in [0.15, 0.2) is 0 Å². The Hall–Kier alpha value is -1.40. The molecule has 0 fully saturated rings. The van der Waals surface area contributed by atoms with Gasteiger partial charge in [0.1, 0.15) is 0 Å². The molecule has 2 unspecified atom stereocenters. The zero-order valence-corrected chi connectivity index (χ0v) is 12.8. The third kappa shape index (κ3) is 4.61. The Morgan fingerprint density at radius 3 is 2.25 bits per heavy atom. The normalized spacial score (nSPS) is 14.8. The van der Waals surface area contributed by atoms with Gasteiger partial charge in [0, 0.05) is 6.04 Å². The number of hydrogen-bond donors (Lipinski definition) is 2. The van der Waals surface area contributed by atoms with Crippen LogP contribution in [-0.2, 0) is 14.8 Å². The van der Waals surface area contributed by atoms with Gasteiger partial charge in [-0.2, -0.15) is 0 Å². The lowest BCUT2D eigenvalue weighted by Crippen LogP contribution is -2.34. The maximum absolute atomic E-state index is 12.1. The molecule has 5 nitrogen and oxygen atoms in total. The van der Waals surface area contributed by atoms with Crippen molar-refractivity contribution in [2.24, 2.45) is 0 Å². The predicted molar refractivity (Wildman–Crippen MR) is 77.2 cm³/mol. The third-order valence-corrected chi connectivity index (χ3v) is 4.81. The Kier molecular flexibility index (Phi) is 5.71. The lowest BCUT2D eigenvalue weighted by Gasteiger charge is -2.13. The summed E-state index contributed by atoms with van der Waals surface area (Å²) in [6.07, 6.45) is 0.740. The molecule has 1 aromatic carbocycles. The molecule has 0 spiro atoms. The van der Waals surface area contributed by atoms with E-state index in [9.17, 15) is 13.2 Å². The van der Waals surface area contributed by atoms with Crippen molar-refractivity contribution >= 4 is 16.0 Å². The van der Waals surface area contributed by atoms with E-state index in [1.165, 1.54) is 6.92 Å². The quantitative estimate of drug-likeness (QED) is 0.809. The van der Waals surface area contributed by atoms with Crippen LogP contribution in [0.1, 0.15) is 45.1 Å². The molecule has 2 atom stereocenters. The molecule has 0 aromatic heterocycles. The van der Waals surface area contributed by atoms with E-state index in [4.69, 9.17) is 5.11 Å². The van der Waals surface area contributed by atoms with Gasteiger partial charge in [-0.3, -0.25) is 4.79 Å². The highest BCUT2D eigenvalue weighted by Crippen LogP contribution is 2.20. The van der Waals surface area contributed by atoms with Crippen molar-refractivity contribution in [1.82, 2.24) is 4.72 Å². The number of sulfonamides is 1. The van der Waals surface area contributed by atoms with E-state index < -0.39 is 22.0 Å². The first-order chi connectivity index (χ1) is 9.26. The Labute approximate surface area is 120 Å². The first kappa shape index (κ1) is 16.7. The fraction of sp³-hybridized carbons (Fsp3) is 0.500. The highest BCUT2D eigenvalue weighted by molar-refractivity contribution is 7.89. The molecule has 0 aliphatic heterocycles. The van der Waals surface area contributed by atoms with E-state index in [1.54, 1.807) is 24.3 Å². The van der Waals surface area contributed by atoms with Crippen LogP contribution in [0.25, 0.3) is 0 Å². The predicted octanol–water partition coefficient (Wildman–Crippen LogP) is 2.34. The van der Waals surface area contributed by atoms with Gasteiger partial charge in [0.05, 0.1) is 11.3 Å². The van der Waals surface area contributed by atoms with Gasteiger partial charge in [0.2, 0.25) is 10.0 Å². The smallest absolute Gasteiger partial charge is 0.304 e. The molecule has 0 amide bonds. The van der Waals surface area contributed by atoms with Crippen LogP contribution in [0.5, 0.6) is 0 Å². The van der Waals surface area contributed by atoms with Crippen LogP contribution < -0.4 is 4.72 Å². The van der Waals surface area contributed by atoms with Gasteiger partial charge in [0.25, 0.3) is 0 Å². The largest absolute Gasteiger partial charge is 0.481 e. The number of carboxylic acid groups (broad SMARTS) is 1. The molecule has 112 valence electrons. The minimum absolute atomic E-state index is 0.154. The Morgan fingerprint density at radius 2 is 1.80 bits per heavy atom. The molecule has 0 bridgehead atoms. The van der Waals surface area contributed by atoms with Gasteiger partial charge in [-0.05, 0) is 37.0 Å². The summed E-state index contributed by atoms with van der Waals surface area (Å²) >= 11 is 0. The van der Waals surface area contributed by atoms with Crippen molar-refractivity contribution < 1.29 is 18.3 Å². The van der Waals surface area contributed by atoms with Crippen molar-refractivity contribution in [3.8, 4) is 0 Å². The summed E-state index contributed by atoms with van der Waals surface area (Å²) in [6.45, 7) is 5.68. The summed E-state index contributed by atoms with van der Waals surface area (Å²) < 4.78 is 26.5. The molecule has 0 heterocycles. The van der Waals surface area contributed by atoms with Crippen LogP contribution in [0.4, 0.5) is 0 Å².